The summed E-state index contributed by atoms with van der Waals surface area (Å²) in [5, 5.41) is 9.91. The number of nitrogens with one attached hydrogen (secondary N) is 2. The zero-order valence-electron chi connectivity index (χ0n) is 10.5. The van der Waals surface area contributed by atoms with Crippen LogP contribution in [0.1, 0.15) is 51.1 Å². The molecule has 17 heavy (non-hydrogen) atoms. The lowest BCUT2D eigenvalue weighted by Gasteiger charge is -2.12. The van der Waals surface area contributed by atoms with Crippen LogP contribution in [0.4, 0.5) is 5.82 Å². The van der Waals surface area contributed by atoms with Gasteiger partial charge in [0.2, 0.25) is 5.91 Å². The van der Waals surface area contributed by atoms with Crippen molar-refractivity contribution in [2.45, 2.75) is 51.9 Å². The highest BCUT2D eigenvalue weighted by Crippen LogP contribution is 2.23. The number of carbonyl (C=O) groups is 1. The lowest BCUT2D eigenvalue weighted by Crippen LogP contribution is -2.22. The van der Waals surface area contributed by atoms with E-state index in [0.29, 0.717) is 5.82 Å². The molecule has 0 saturated heterocycles. The molecule has 1 aromatic heterocycles. The Kier molecular flexibility index (Phi) is 4.18. The highest BCUT2D eigenvalue weighted by molar-refractivity contribution is 5.91. The summed E-state index contributed by atoms with van der Waals surface area (Å²) in [6.45, 7) is 2.06. The maximum atomic E-state index is 12.1. The monoisotopic (exact) mass is 235 g/mol. The minimum absolute atomic E-state index is 0.140. The van der Waals surface area contributed by atoms with Crippen LogP contribution >= 0.6 is 0 Å². The Bertz CT molecular complexity index is 364. The van der Waals surface area contributed by atoms with Crippen molar-refractivity contribution >= 4 is 11.7 Å². The maximum Gasteiger partial charge on any atom is 0.228 e. The van der Waals surface area contributed by atoms with Gasteiger partial charge >= 0.3 is 0 Å². The molecule has 0 bridgehead atoms. The number of aromatic nitrogens is 2. The van der Waals surface area contributed by atoms with E-state index in [1.165, 1.54) is 25.7 Å². The van der Waals surface area contributed by atoms with Crippen LogP contribution in [0.2, 0.25) is 0 Å². The van der Waals surface area contributed by atoms with Gasteiger partial charge in [-0.25, -0.2) is 0 Å². The molecule has 94 valence electrons. The van der Waals surface area contributed by atoms with E-state index in [-0.39, 0.29) is 11.8 Å². The molecule has 0 aliphatic heterocycles. The lowest BCUT2D eigenvalue weighted by molar-refractivity contribution is -0.120. The Balaban J connectivity index is 1.90. The maximum absolute atomic E-state index is 12.1. The molecule has 1 saturated carbocycles. The van der Waals surface area contributed by atoms with Crippen LogP contribution in [0.25, 0.3) is 0 Å². The standard InChI is InChI=1S/C13H21N3O/c1-2-11-9-12(16-15-11)14-13(17)10-7-5-3-4-6-8-10/h9-10H,2-8H2,1H3,(H2,14,15,16,17). The van der Waals surface area contributed by atoms with Gasteiger partial charge in [0, 0.05) is 17.7 Å². The summed E-state index contributed by atoms with van der Waals surface area (Å²) in [5.41, 5.74) is 1.06. The van der Waals surface area contributed by atoms with Crippen molar-refractivity contribution in [3.63, 3.8) is 0 Å². The number of carbonyl (C=O) groups excluding carboxylic acids is 1. The summed E-state index contributed by atoms with van der Waals surface area (Å²) in [6, 6.07) is 1.91. The average Bonchev–Trinajstić information content (AvgIpc) is 2.62. The van der Waals surface area contributed by atoms with Crippen molar-refractivity contribution in [1.29, 1.82) is 0 Å². The van der Waals surface area contributed by atoms with E-state index in [9.17, 15) is 4.79 Å². The van der Waals surface area contributed by atoms with E-state index in [2.05, 4.69) is 22.4 Å². The molecule has 0 atom stereocenters. The number of hydrogen-bond donors (Lipinski definition) is 2. The van der Waals surface area contributed by atoms with Crippen LogP contribution in [-0.4, -0.2) is 16.1 Å². The number of hydrogen-bond acceptors (Lipinski definition) is 2. The zero-order valence-corrected chi connectivity index (χ0v) is 10.5. The molecule has 1 aliphatic rings. The number of rotatable bonds is 3. The predicted octanol–water partition coefficient (Wildman–Crippen LogP) is 2.88. The fraction of sp³-hybridized carbons (Fsp3) is 0.692. The van der Waals surface area contributed by atoms with Gasteiger partial charge in [0.15, 0.2) is 5.82 Å². The summed E-state index contributed by atoms with van der Waals surface area (Å²) in [7, 11) is 0. The van der Waals surface area contributed by atoms with Crippen LogP contribution in [0.3, 0.4) is 0 Å². The quantitative estimate of drug-likeness (QED) is 0.791. The number of H-pyrrole nitrogens is 1. The minimum Gasteiger partial charge on any atom is -0.309 e. The second kappa shape index (κ2) is 5.84. The van der Waals surface area contributed by atoms with Gasteiger partial charge in [0.05, 0.1) is 0 Å². The molecule has 4 heteroatoms. The topological polar surface area (TPSA) is 57.8 Å². The SMILES string of the molecule is CCc1cc(NC(=O)C2CCCCCC2)n[nH]1. The fourth-order valence-electron chi connectivity index (χ4n) is 2.38. The van der Waals surface area contributed by atoms with Gasteiger partial charge < -0.3 is 5.32 Å². The van der Waals surface area contributed by atoms with Gasteiger partial charge in [0.25, 0.3) is 0 Å². The molecule has 4 nitrogen and oxygen atoms in total. The highest BCUT2D eigenvalue weighted by Gasteiger charge is 2.20. The molecule has 0 radical (unpaired) electrons. The van der Waals surface area contributed by atoms with Crippen LogP contribution in [0, 0.1) is 5.92 Å². The molecule has 2 N–H and O–H groups in total. The molecule has 1 amide bonds. The Hall–Kier alpha value is -1.32. The average molecular weight is 235 g/mol. The molecular formula is C13H21N3O. The van der Waals surface area contributed by atoms with E-state index in [0.717, 1.165) is 25.0 Å². The lowest BCUT2D eigenvalue weighted by atomic mass is 9.99. The normalized spacial score (nSPS) is 17.7. The van der Waals surface area contributed by atoms with Crippen LogP contribution < -0.4 is 5.32 Å². The van der Waals surface area contributed by atoms with E-state index >= 15 is 0 Å². The first kappa shape index (κ1) is 12.1. The van der Waals surface area contributed by atoms with Crippen LogP contribution in [-0.2, 0) is 11.2 Å². The smallest absolute Gasteiger partial charge is 0.228 e. The molecule has 0 spiro atoms. The number of aromatic amines is 1. The summed E-state index contributed by atoms with van der Waals surface area (Å²) < 4.78 is 0. The molecular weight excluding hydrogens is 214 g/mol. The number of amides is 1. The minimum atomic E-state index is 0.140. The first-order valence-electron chi connectivity index (χ1n) is 6.64. The van der Waals surface area contributed by atoms with E-state index in [1.807, 2.05) is 6.07 Å². The van der Waals surface area contributed by atoms with Crippen molar-refractivity contribution in [1.82, 2.24) is 10.2 Å². The van der Waals surface area contributed by atoms with Gasteiger partial charge in [0.1, 0.15) is 0 Å². The van der Waals surface area contributed by atoms with Crippen LogP contribution in [0.15, 0.2) is 6.07 Å². The first-order valence-corrected chi connectivity index (χ1v) is 6.64. The Morgan fingerprint density at radius 1 is 1.41 bits per heavy atom. The van der Waals surface area contributed by atoms with Gasteiger partial charge in [-0.3, -0.25) is 9.89 Å². The third-order valence-electron chi connectivity index (χ3n) is 3.49. The molecule has 1 heterocycles. The first-order chi connectivity index (χ1) is 8.29. The second-order valence-electron chi connectivity index (χ2n) is 4.81. The summed E-state index contributed by atoms with van der Waals surface area (Å²) in [4.78, 5) is 12.1. The summed E-state index contributed by atoms with van der Waals surface area (Å²) >= 11 is 0. The summed E-state index contributed by atoms with van der Waals surface area (Å²) in [5.74, 6) is 0.983. The Morgan fingerprint density at radius 3 is 2.71 bits per heavy atom. The molecule has 0 aromatic carbocycles. The fourth-order valence-corrected chi connectivity index (χ4v) is 2.38. The number of anilines is 1. The predicted molar refractivity (Wildman–Crippen MR) is 67.8 cm³/mol. The molecule has 1 fully saturated rings. The van der Waals surface area contributed by atoms with E-state index in [1.54, 1.807) is 0 Å². The van der Waals surface area contributed by atoms with Gasteiger partial charge in [-0.15, -0.1) is 0 Å². The largest absolute Gasteiger partial charge is 0.309 e. The van der Waals surface area contributed by atoms with E-state index < -0.39 is 0 Å². The number of nitrogens with zero attached hydrogens (tertiary/aromatic N) is 1. The van der Waals surface area contributed by atoms with Gasteiger partial charge in [-0.2, -0.15) is 5.10 Å². The van der Waals surface area contributed by atoms with Gasteiger partial charge in [-0.05, 0) is 19.3 Å². The number of aryl methyl sites for hydroxylation is 1. The molecule has 1 aromatic rings. The second-order valence-corrected chi connectivity index (χ2v) is 4.81. The van der Waals surface area contributed by atoms with Gasteiger partial charge in [-0.1, -0.05) is 32.6 Å². The molecule has 2 rings (SSSR count). The summed E-state index contributed by atoms with van der Waals surface area (Å²) in [6.07, 6.45) is 7.86. The van der Waals surface area contributed by atoms with Crippen molar-refractivity contribution in [2.24, 2.45) is 5.92 Å². The highest BCUT2D eigenvalue weighted by atomic mass is 16.1. The zero-order chi connectivity index (χ0) is 12.1. The van der Waals surface area contributed by atoms with Crippen LogP contribution in [0.5, 0.6) is 0 Å². The van der Waals surface area contributed by atoms with Crippen molar-refractivity contribution in [3.8, 4) is 0 Å². The van der Waals surface area contributed by atoms with E-state index in [4.69, 9.17) is 0 Å². The third-order valence-corrected chi connectivity index (χ3v) is 3.49. The molecule has 0 unspecified atom stereocenters. The van der Waals surface area contributed by atoms with Crippen molar-refractivity contribution in [2.75, 3.05) is 5.32 Å². The van der Waals surface area contributed by atoms with Crippen molar-refractivity contribution in [3.05, 3.63) is 11.8 Å². The Labute approximate surface area is 102 Å². The third kappa shape index (κ3) is 3.32. The molecule has 1 aliphatic carbocycles. The Morgan fingerprint density at radius 2 is 2.12 bits per heavy atom. The van der Waals surface area contributed by atoms with Crippen molar-refractivity contribution < 1.29 is 4.79 Å².